The van der Waals surface area contributed by atoms with Crippen molar-refractivity contribution in [3.05, 3.63) is 52.0 Å². The lowest BCUT2D eigenvalue weighted by atomic mass is 9.92. The van der Waals surface area contributed by atoms with Crippen LogP contribution in [0, 0.1) is 11.8 Å². The summed E-state index contributed by atoms with van der Waals surface area (Å²) >= 11 is 1.22. The van der Waals surface area contributed by atoms with Crippen molar-refractivity contribution in [2.45, 2.75) is 117 Å². The molecule has 0 spiro atoms. The predicted octanol–water partition coefficient (Wildman–Crippen LogP) is 4.75. The minimum Gasteiger partial charge on any atom is -0.455 e. The lowest BCUT2D eigenvalue weighted by molar-refractivity contribution is -0.149. The number of piperidine rings is 1. The third kappa shape index (κ3) is 11.6. The van der Waals surface area contributed by atoms with Gasteiger partial charge in [-0.1, -0.05) is 77.8 Å². The van der Waals surface area contributed by atoms with Crippen LogP contribution < -0.4 is 10.6 Å². The number of ether oxygens (including phenoxy) is 1. The highest BCUT2D eigenvalue weighted by Gasteiger charge is 2.38. The summed E-state index contributed by atoms with van der Waals surface area (Å²) in [5.74, 6) is -1.29. The average molecular weight is 700 g/mol. The molecule has 0 aliphatic carbocycles. The summed E-state index contributed by atoms with van der Waals surface area (Å²) in [7, 11) is 1.96. The molecule has 1 aromatic heterocycles. The van der Waals surface area contributed by atoms with Gasteiger partial charge in [0.15, 0.2) is 6.10 Å². The zero-order valence-electron chi connectivity index (χ0n) is 30.3. The molecule has 2 aromatic rings. The first-order valence-electron chi connectivity index (χ1n) is 17.8. The Morgan fingerprint density at radius 2 is 1.82 bits per heavy atom. The molecule has 1 saturated heterocycles. The quantitative estimate of drug-likeness (QED) is 0.190. The Labute approximate surface area is 296 Å². The molecule has 6 atom stereocenters. The number of benzene rings is 1. The average Bonchev–Trinajstić information content (AvgIpc) is 3.58. The predicted molar refractivity (Wildman–Crippen MR) is 192 cm³/mol. The molecule has 0 saturated carbocycles. The summed E-state index contributed by atoms with van der Waals surface area (Å²) in [5.41, 5.74) is 1.15. The SMILES string of the molecule is CCCN(C(=O)C(NC(=O)C1CCCCN1C)[C@@H](C)CC)[C@H](C[C@@H](OC(C)=O)c1nc(C(=O)N[C@H](CO)Cc2ccccc2)cs1)C(C)C. The van der Waals surface area contributed by atoms with Gasteiger partial charge in [-0.15, -0.1) is 11.3 Å². The van der Waals surface area contributed by atoms with E-state index < -0.39 is 30.1 Å². The zero-order valence-corrected chi connectivity index (χ0v) is 31.1. The van der Waals surface area contributed by atoms with Crippen molar-refractivity contribution in [1.29, 1.82) is 0 Å². The molecule has 3 amide bonds. The summed E-state index contributed by atoms with van der Waals surface area (Å²) < 4.78 is 5.81. The van der Waals surface area contributed by atoms with Crippen molar-refractivity contribution < 1.29 is 29.0 Å². The number of rotatable bonds is 18. The number of aliphatic hydroxyl groups is 1. The van der Waals surface area contributed by atoms with Gasteiger partial charge >= 0.3 is 5.97 Å². The van der Waals surface area contributed by atoms with Crippen molar-refractivity contribution >= 4 is 35.0 Å². The van der Waals surface area contributed by atoms with Gasteiger partial charge in [0.1, 0.15) is 16.7 Å². The monoisotopic (exact) mass is 699 g/mol. The molecular formula is C37H57N5O6S. The topological polar surface area (TPSA) is 141 Å². The van der Waals surface area contributed by atoms with E-state index >= 15 is 0 Å². The fraction of sp³-hybridized carbons (Fsp3) is 0.649. The van der Waals surface area contributed by atoms with Gasteiger partial charge in [0.25, 0.3) is 5.91 Å². The van der Waals surface area contributed by atoms with Gasteiger partial charge in [-0.25, -0.2) is 4.98 Å². The molecule has 11 nitrogen and oxygen atoms in total. The van der Waals surface area contributed by atoms with Crippen molar-refractivity contribution in [2.75, 3.05) is 26.7 Å². The molecule has 272 valence electrons. The molecule has 3 N–H and O–H groups in total. The number of aliphatic hydroxyl groups excluding tert-OH is 1. The maximum atomic E-state index is 14.5. The molecule has 12 heteroatoms. The van der Waals surface area contributed by atoms with Crippen LogP contribution in [0.25, 0.3) is 0 Å². The Morgan fingerprint density at radius 3 is 2.41 bits per heavy atom. The van der Waals surface area contributed by atoms with E-state index in [2.05, 4.69) is 20.5 Å². The number of amides is 3. The van der Waals surface area contributed by atoms with Crippen LogP contribution in [0.1, 0.15) is 107 Å². The highest BCUT2D eigenvalue weighted by molar-refractivity contribution is 7.09. The second-order valence-electron chi connectivity index (χ2n) is 13.7. The third-order valence-corrected chi connectivity index (χ3v) is 10.4. The number of hydrogen-bond donors (Lipinski definition) is 3. The van der Waals surface area contributed by atoms with Crippen LogP contribution in [-0.4, -0.2) is 94.5 Å². The Hall–Kier alpha value is -3.35. The number of nitrogens with zero attached hydrogens (tertiary/aromatic N) is 3. The van der Waals surface area contributed by atoms with Gasteiger partial charge in [0.2, 0.25) is 11.8 Å². The van der Waals surface area contributed by atoms with Gasteiger partial charge in [-0.3, -0.25) is 24.1 Å². The lowest BCUT2D eigenvalue weighted by Gasteiger charge is -2.40. The highest BCUT2D eigenvalue weighted by Crippen LogP contribution is 2.32. The van der Waals surface area contributed by atoms with Gasteiger partial charge in [-0.05, 0) is 56.7 Å². The minimum absolute atomic E-state index is 0.0163. The molecule has 1 aliphatic heterocycles. The first kappa shape index (κ1) is 40.1. The summed E-state index contributed by atoms with van der Waals surface area (Å²) in [5, 5.41) is 18.0. The van der Waals surface area contributed by atoms with Crippen LogP contribution in [0.2, 0.25) is 0 Å². The van der Waals surface area contributed by atoms with Crippen LogP contribution in [0.4, 0.5) is 0 Å². The smallest absolute Gasteiger partial charge is 0.303 e. The number of nitrogens with one attached hydrogen (secondary N) is 2. The number of thiazole rings is 1. The van der Waals surface area contributed by atoms with Crippen LogP contribution >= 0.6 is 11.3 Å². The van der Waals surface area contributed by atoms with E-state index in [1.165, 1.54) is 18.3 Å². The summed E-state index contributed by atoms with van der Waals surface area (Å²) in [6, 6.07) is 7.80. The van der Waals surface area contributed by atoms with Crippen molar-refractivity contribution in [1.82, 2.24) is 25.4 Å². The zero-order chi connectivity index (χ0) is 36.1. The molecule has 49 heavy (non-hydrogen) atoms. The maximum absolute atomic E-state index is 14.5. The van der Waals surface area contributed by atoms with E-state index in [1.54, 1.807) is 5.38 Å². The second kappa shape index (κ2) is 19.7. The Morgan fingerprint density at radius 1 is 1.10 bits per heavy atom. The van der Waals surface area contributed by atoms with E-state index in [0.717, 1.165) is 31.4 Å². The van der Waals surface area contributed by atoms with E-state index in [-0.39, 0.29) is 54.5 Å². The van der Waals surface area contributed by atoms with Gasteiger partial charge < -0.3 is 25.4 Å². The normalized spacial score (nSPS) is 18.2. The number of likely N-dealkylation sites (tertiary alicyclic amines) is 1. The fourth-order valence-corrected chi connectivity index (χ4v) is 7.27. The second-order valence-corrected chi connectivity index (χ2v) is 14.5. The first-order valence-corrected chi connectivity index (χ1v) is 18.7. The molecular weight excluding hydrogens is 643 g/mol. The van der Waals surface area contributed by atoms with Gasteiger partial charge in [-0.2, -0.15) is 0 Å². The number of aromatic nitrogens is 1. The fourth-order valence-electron chi connectivity index (χ4n) is 6.44. The minimum atomic E-state index is -0.797. The van der Waals surface area contributed by atoms with Crippen molar-refractivity contribution in [3.8, 4) is 0 Å². The summed E-state index contributed by atoms with van der Waals surface area (Å²) in [4.78, 5) is 62.0. The van der Waals surface area contributed by atoms with E-state index in [0.29, 0.717) is 30.8 Å². The third-order valence-electron chi connectivity index (χ3n) is 9.44. The number of carbonyl (C=O) groups is 4. The van der Waals surface area contributed by atoms with E-state index in [9.17, 15) is 24.3 Å². The van der Waals surface area contributed by atoms with Crippen LogP contribution in [-0.2, 0) is 25.5 Å². The molecule has 1 fully saturated rings. The number of hydrogen-bond acceptors (Lipinski definition) is 9. The van der Waals surface area contributed by atoms with Gasteiger partial charge in [0, 0.05) is 31.3 Å². The largest absolute Gasteiger partial charge is 0.455 e. The lowest BCUT2D eigenvalue weighted by Crippen LogP contribution is -2.58. The van der Waals surface area contributed by atoms with E-state index in [1.807, 2.05) is 76.9 Å². The molecule has 1 aromatic carbocycles. The molecule has 0 radical (unpaired) electrons. The van der Waals surface area contributed by atoms with Crippen molar-refractivity contribution in [2.24, 2.45) is 11.8 Å². The van der Waals surface area contributed by atoms with Crippen LogP contribution in [0.3, 0.4) is 0 Å². The Balaban J connectivity index is 1.84. The number of likely N-dealkylation sites (N-methyl/N-ethyl adjacent to an activating group) is 1. The molecule has 2 heterocycles. The van der Waals surface area contributed by atoms with Crippen molar-refractivity contribution in [3.63, 3.8) is 0 Å². The number of esters is 1. The summed E-state index contributed by atoms with van der Waals surface area (Å²) in [6.45, 7) is 12.5. The van der Waals surface area contributed by atoms with E-state index in [4.69, 9.17) is 4.74 Å². The maximum Gasteiger partial charge on any atom is 0.303 e. The van der Waals surface area contributed by atoms with Crippen LogP contribution in [0.5, 0.6) is 0 Å². The molecule has 2 unspecified atom stereocenters. The molecule has 0 bridgehead atoms. The van der Waals surface area contributed by atoms with Crippen LogP contribution in [0.15, 0.2) is 35.7 Å². The van der Waals surface area contributed by atoms with Gasteiger partial charge in [0.05, 0.1) is 18.7 Å². The Bertz CT molecular complexity index is 1350. The molecule has 3 rings (SSSR count). The Kier molecular flexibility index (Phi) is 16.1. The highest BCUT2D eigenvalue weighted by atomic mass is 32.1. The summed E-state index contributed by atoms with van der Waals surface area (Å²) in [6.07, 6.45) is 4.16. The standard InChI is InChI=1S/C37H57N5O6S/c1-8-18-42(37(47)33(25(5)9-2)40-35(46)30-17-13-14-19-41(30)7)31(24(3)4)21-32(48-26(6)44)36-39-29(23-49-36)34(45)38-28(22-43)20-27-15-11-10-12-16-27/h10-12,15-16,23-25,28,30-33,43H,8-9,13-14,17-22H2,1-7H3,(H,38,45)(H,40,46)/t25-,28-,30?,31+,32+,33?/m0/s1. The first-order chi connectivity index (χ1) is 23.4. The molecule has 1 aliphatic rings. The number of carbonyl (C=O) groups excluding carboxylic acids is 4.